The Balaban J connectivity index is 1.36. The molecule has 2 aromatic heterocycles. The number of hydrogen-bond donors (Lipinski definition) is 3. The van der Waals surface area contributed by atoms with Crippen LogP contribution < -0.4 is 20.3 Å². The Hall–Kier alpha value is -4.19. The number of methoxy groups -OCH3 is 1. The largest absolute Gasteiger partial charge is 0.494 e. The molecule has 12 heteroatoms. The number of carbonyl (C=O) groups excluding carboxylic acids is 3. The standard InChI is InChI=1S/C24H22FN5O6/c1-35-16-3-2-12-9-30(21(32)19(12)20(16)25)11-24(22(33)27-23(34)28-24)17-8-14-15(36-17)4-5-18(26-14)29-7-6-13(31)10-29/h2-5,8,13,31H,6-7,9-11H2,1H3,(H2,27,28,33,34)/t13-,24+/m1/s1. The van der Waals surface area contributed by atoms with Crippen molar-refractivity contribution in [2.45, 2.75) is 24.6 Å². The Morgan fingerprint density at radius 3 is 2.81 bits per heavy atom. The van der Waals surface area contributed by atoms with E-state index >= 15 is 0 Å². The van der Waals surface area contributed by atoms with Crippen LogP contribution in [-0.2, 0) is 16.9 Å². The molecule has 0 aliphatic carbocycles. The number of β-amino-alcohol motifs (C(OH)–C–C–N with tert-alkyl or cyclic N) is 1. The molecule has 3 N–H and O–H groups in total. The number of nitrogens with one attached hydrogen (secondary N) is 2. The van der Waals surface area contributed by atoms with Crippen LogP contribution in [0, 0.1) is 5.82 Å². The molecule has 4 amide bonds. The van der Waals surface area contributed by atoms with Gasteiger partial charge < -0.3 is 29.4 Å². The van der Waals surface area contributed by atoms with Crippen molar-refractivity contribution in [2.75, 3.05) is 31.6 Å². The summed E-state index contributed by atoms with van der Waals surface area (Å²) in [6.45, 7) is 0.876. The van der Waals surface area contributed by atoms with Crippen LogP contribution in [0.4, 0.5) is 15.0 Å². The maximum Gasteiger partial charge on any atom is 0.322 e. The van der Waals surface area contributed by atoms with E-state index in [2.05, 4.69) is 15.6 Å². The number of imide groups is 1. The highest BCUT2D eigenvalue weighted by molar-refractivity contribution is 6.08. The van der Waals surface area contributed by atoms with Crippen LogP contribution in [0.15, 0.2) is 34.7 Å². The number of aliphatic hydroxyl groups is 1. The molecular formula is C24H22FN5O6. The number of hydrogen-bond acceptors (Lipinski definition) is 8. The number of fused-ring (bicyclic) bond motifs is 2. The van der Waals surface area contributed by atoms with Crippen LogP contribution in [0.3, 0.4) is 0 Å². The lowest BCUT2D eigenvalue weighted by Gasteiger charge is -2.28. The molecule has 1 aromatic carbocycles. The van der Waals surface area contributed by atoms with Crippen LogP contribution in [0.2, 0.25) is 0 Å². The van der Waals surface area contributed by atoms with Gasteiger partial charge in [-0.2, -0.15) is 0 Å². The summed E-state index contributed by atoms with van der Waals surface area (Å²) >= 11 is 0. The topological polar surface area (TPSA) is 137 Å². The molecule has 5 heterocycles. The highest BCUT2D eigenvalue weighted by Gasteiger charge is 2.53. The number of halogens is 1. The predicted molar refractivity (Wildman–Crippen MR) is 123 cm³/mol. The predicted octanol–water partition coefficient (Wildman–Crippen LogP) is 1.24. The Labute approximate surface area is 203 Å². The number of pyridine rings is 1. The zero-order valence-corrected chi connectivity index (χ0v) is 19.2. The van der Waals surface area contributed by atoms with Crippen molar-refractivity contribution in [2.24, 2.45) is 0 Å². The third kappa shape index (κ3) is 3.28. The van der Waals surface area contributed by atoms with Gasteiger partial charge in [-0.1, -0.05) is 6.07 Å². The Morgan fingerprint density at radius 1 is 1.28 bits per heavy atom. The van der Waals surface area contributed by atoms with E-state index in [1.54, 1.807) is 24.3 Å². The number of amides is 4. The van der Waals surface area contributed by atoms with Gasteiger partial charge >= 0.3 is 6.03 Å². The maximum absolute atomic E-state index is 14.8. The summed E-state index contributed by atoms with van der Waals surface area (Å²) in [6.07, 6.45) is 0.222. The zero-order valence-electron chi connectivity index (χ0n) is 19.2. The summed E-state index contributed by atoms with van der Waals surface area (Å²) in [5, 5.41) is 14.7. The number of ether oxygens (including phenoxy) is 1. The molecule has 0 radical (unpaired) electrons. The fourth-order valence-electron chi connectivity index (χ4n) is 5.07. The molecule has 3 aromatic rings. The first-order valence-electron chi connectivity index (χ1n) is 11.4. The summed E-state index contributed by atoms with van der Waals surface area (Å²) in [4.78, 5) is 46.3. The molecule has 0 spiro atoms. The number of aliphatic hydroxyl groups excluding tert-OH is 1. The molecule has 186 valence electrons. The van der Waals surface area contributed by atoms with Crippen molar-refractivity contribution in [3.8, 4) is 5.75 Å². The number of rotatable bonds is 5. The molecule has 0 unspecified atom stereocenters. The summed E-state index contributed by atoms with van der Waals surface area (Å²) < 4.78 is 25.8. The van der Waals surface area contributed by atoms with Crippen LogP contribution in [-0.4, -0.2) is 65.7 Å². The first-order valence-corrected chi connectivity index (χ1v) is 11.4. The molecule has 0 saturated carbocycles. The van der Waals surface area contributed by atoms with Gasteiger partial charge in [-0.3, -0.25) is 14.9 Å². The van der Waals surface area contributed by atoms with E-state index in [4.69, 9.17) is 9.15 Å². The average molecular weight is 495 g/mol. The summed E-state index contributed by atoms with van der Waals surface area (Å²) in [5.74, 6) is -1.42. The minimum absolute atomic E-state index is 0.0416. The van der Waals surface area contributed by atoms with Gasteiger partial charge in [0.05, 0.1) is 25.3 Å². The SMILES string of the molecule is COc1ccc2c(c1F)C(=O)N(C[C@@]1(c3cc4nc(N5CC[C@@H](O)C5)ccc4o3)NC(=O)NC1=O)C2. The van der Waals surface area contributed by atoms with Crippen molar-refractivity contribution in [3.63, 3.8) is 0 Å². The summed E-state index contributed by atoms with van der Waals surface area (Å²) in [6, 6.07) is 7.30. The number of urea groups is 1. The van der Waals surface area contributed by atoms with Gasteiger partial charge in [-0.05, 0) is 30.2 Å². The maximum atomic E-state index is 14.8. The van der Waals surface area contributed by atoms with Crippen molar-refractivity contribution in [1.29, 1.82) is 0 Å². The van der Waals surface area contributed by atoms with E-state index in [0.29, 0.717) is 42.0 Å². The highest BCUT2D eigenvalue weighted by atomic mass is 19.1. The van der Waals surface area contributed by atoms with Crippen molar-refractivity contribution < 1.29 is 33.0 Å². The fraction of sp³-hybridized carbons (Fsp3) is 0.333. The minimum atomic E-state index is -1.74. The van der Waals surface area contributed by atoms with Crippen LogP contribution in [0.5, 0.6) is 5.75 Å². The number of benzene rings is 1. The second kappa shape index (κ2) is 7.92. The first kappa shape index (κ1) is 22.3. The first-order chi connectivity index (χ1) is 17.3. The number of nitrogens with zero attached hydrogens (tertiary/aromatic N) is 3. The van der Waals surface area contributed by atoms with Gasteiger partial charge in [0.25, 0.3) is 11.8 Å². The van der Waals surface area contributed by atoms with E-state index in [1.165, 1.54) is 18.1 Å². The molecule has 0 bridgehead atoms. The average Bonchev–Trinajstić information content (AvgIpc) is 3.60. The second-order valence-corrected chi connectivity index (χ2v) is 9.14. The molecule has 3 aliphatic rings. The fourth-order valence-corrected chi connectivity index (χ4v) is 5.07. The lowest BCUT2D eigenvalue weighted by molar-refractivity contribution is -0.125. The molecule has 2 fully saturated rings. The number of anilines is 1. The third-order valence-electron chi connectivity index (χ3n) is 6.91. The lowest BCUT2D eigenvalue weighted by Crippen LogP contribution is -2.52. The Bertz CT molecular complexity index is 1440. The third-order valence-corrected chi connectivity index (χ3v) is 6.91. The normalized spacial score (nSPS) is 23.4. The van der Waals surface area contributed by atoms with Crippen LogP contribution >= 0.6 is 0 Å². The van der Waals surface area contributed by atoms with E-state index in [0.717, 1.165) is 0 Å². The van der Waals surface area contributed by atoms with Crippen molar-refractivity contribution in [3.05, 3.63) is 53.0 Å². The molecular weight excluding hydrogens is 473 g/mol. The summed E-state index contributed by atoms with van der Waals surface area (Å²) in [5.41, 5.74) is -0.586. The van der Waals surface area contributed by atoms with Gasteiger partial charge in [0.1, 0.15) is 17.1 Å². The highest BCUT2D eigenvalue weighted by Crippen LogP contribution is 2.36. The van der Waals surface area contributed by atoms with Gasteiger partial charge in [0, 0.05) is 25.7 Å². The van der Waals surface area contributed by atoms with E-state index < -0.39 is 35.3 Å². The van der Waals surface area contributed by atoms with Crippen molar-refractivity contribution >= 4 is 34.8 Å². The van der Waals surface area contributed by atoms with E-state index in [9.17, 15) is 23.9 Å². The number of carbonyl (C=O) groups is 3. The molecule has 6 rings (SSSR count). The van der Waals surface area contributed by atoms with Crippen LogP contribution in [0.1, 0.15) is 28.1 Å². The lowest BCUT2D eigenvalue weighted by atomic mass is 9.95. The van der Waals surface area contributed by atoms with E-state index in [-0.39, 0.29) is 30.2 Å². The monoisotopic (exact) mass is 495 g/mol. The van der Waals surface area contributed by atoms with Gasteiger partial charge in [-0.15, -0.1) is 0 Å². The number of furan rings is 1. The molecule has 11 nitrogen and oxygen atoms in total. The zero-order chi connectivity index (χ0) is 25.2. The van der Waals surface area contributed by atoms with Gasteiger partial charge in [-0.25, -0.2) is 14.2 Å². The molecule has 3 aliphatic heterocycles. The molecule has 2 saturated heterocycles. The smallest absolute Gasteiger partial charge is 0.322 e. The quantitative estimate of drug-likeness (QED) is 0.450. The molecule has 36 heavy (non-hydrogen) atoms. The minimum Gasteiger partial charge on any atom is -0.494 e. The molecule has 2 atom stereocenters. The van der Waals surface area contributed by atoms with E-state index in [1.807, 2.05) is 4.90 Å². The number of aromatic nitrogens is 1. The van der Waals surface area contributed by atoms with Crippen LogP contribution in [0.25, 0.3) is 11.1 Å². The van der Waals surface area contributed by atoms with Gasteiger partial charge in [0.15, 0.2) is 22.7 Å². The summed E-state index contributed by atoms with van der Waals surface area (Å²) in [7, 11) is 1.31. The second-order valence-electron chi connectivity index (χ2n) is 9.14. The van der Waals surface area contributed by atoms with Crippen molar-refractivity contribution in [1.82, 2.24) is 20.5 Å². The van der Waals surface area contributed by atoms with Gasteiger partial charge in [0.2, 0.25) is 0 Å². The Morgan fingerprint density at radius 2 is 2.11 bits per heavy atom. The Kier molecular flexibility index (Phi) is 4.90.